The fourth-order valence-electron chi connectivity index (χ4n) is 3.22. The van der Waals surface area contributed by atoms with E-state index >= 15 is 0 Å². The lowest BCUT2D eigenvalue weighted by molar-refractivity contribution is -0.120. The molecule has 1 atom stereocenters. The minimum absolute atomic E-state index is 0.0436. The van der Waals surface area contributed by atoms with Crippen LogP contribution in [0.3, 0.4) is 0 Å². The highest BCUT2D eigenvalue weighted by Gasteiger charge is 2.24. The number of nitrogens with zero attached hydrogens (tertiary/aromatic N) is 1. The first-order chi connectivity index (χ1) is 11.2. The molecule has 0 saturated carbocycles. The average Bonchev–Trinajstić information content (AvgIpc) is 3.03. The molecule has 5 heteroatoms. The Morgan fingerprint density at radius 1 is 1.39 bits per heavy atom. The van der Waals surface area contributed by atoms with Gasteiger partial charge in [0.2, 0.25) is 11.8 Å². The molecular weight excluding hydrogens is 292 g/mol. The average molecular weight is 314 g/mol. The van der Waals surface area contributed by atoms with Gasteiger partial charge in [0.1, 0.15) is 6.73 Å². The summed E-state index contributed by atoms with van der Waals surface area (Å²) in [5, 5.41) is 2.97. The molecular formula is C18H22N2O3. The van der Waals surface area contributed by atoms with Crippen molar-refractivity contribution in [2.75, 3.05) is 24.1 Å². The summed E-state index contributed by atoms with van der Waals surface area (Å²) in [7, 11) is 1.58. The first-order valence-electron chi connectivity index (χ1n) is 8.06. The van der Waals surface area contributed by atoms with Crippen LogP contribution in [-0.2, 0) is 20.7 Å². The minimum atomic E-state index is 0.0436. The van der Waals surface area contributed by atoms with Gasteiger partial charge in [0.05, 0.1) is 0 Å². The summed E-state index contributed by atoms with van der Waals surface area (Å²) >= 11 is 0. The second kappa shape index (κ2) is 6.96. The van der Waals surface area contributed by atoms with Gasteiger partial charge < -0.3 is 10.1 Å². The summed E-state index contributed by atoms with van der Waals surface area (Å²) in [6, 6.07) is 5.70. The molecule has 5 nitrogen and oxygen atoms in total. The fourth-order valence-corrected chi connectivity index (χ4v) is 3.22. The largest absolute Gasteiger partial charge is 0.364 e. The van der Waals surface area contributed by atoms with Crippen LogP contribution in [0.15, 0.2) is 30.4 Å². The second-order valence-corrected chi connectivity index (χ2v) is 6.10. The van der Waals surface area contributed by atoms with E-state index in [4.69, 9.17) is 4.74 Å². The number of anilines is 2. The van der Waals surface area contributed by atoms with Gasteiger partial charge in [-0.3, -0.25) is 14.5 Å². The van der Waals surface area contributed by atoms with E-state index in [0.29, 0.717) is 25.2 Å². The molecule has 0 spiro atoms. The summed E-state index contributed by atoms with van der Waals surface area (Å²) in [4.78, 5) is 25.7. The molecule has 1 aliphatic heterocycles. The zero-order valence-electron chi connectivity index (χ0n) is 13.4. The number of rotatable bonds is 5. The number of carbonyl (C=O) groups excluding carboxylic acids is 2. The Morgan fingerprint density at radius 2 is 2.26 bits per heavy atom. The summed E-state index contributed by atoms with van der Waals surface area (Å²) in [6.07, 6.45) is 8.09. The first kappa shape index (κ1) is 15.7. The van der Waals surface area contributed by atoms with E-state index in [1.54, 1.807) is 12.0 Å². The maximum Gasteiger partial charge on any atom is 0.229 e. The molecule has 2 aliphatic rings. The number of amides is 2. The molecule has 3 rings (SSSR count). The molecule has 1 N–H and O–H groups in total. The van der Waals surface area contributed by atoms with Gasteiger partial charge in [0, 0.05) is 31.3 Å². The van der Waals surface area contributed by atoms with Crippen LogP contribution in [-0.4, -0.2) is 25.7 Å². The topological polar surface area (TPSA) is 58.6 Å². The van der Waals surface area contributed by atoms with Crippen molar-refractivity contribution in [1.82, 2.24) is 0 Å². The highest BCUT2D eigenvalue weighted by atomic mass is 16.5. The van der Waals surface area contributed by atoms with Crippen molar-refractivity contribution < 1.29 is 14.3 Å². The van der Waals surface area contributed by atoms with Gasteiger partial charge in [-0.15, -0.1) is 0 Å². The molecule has 23 heavy (non-hydrogen) atoms. The number of aryl methyl sites for hydroxylation is 1. The van der Waals surface area contributed by atoms with E-state index in [2.05, 4.69) is 17.5 Å². The Morgan fingerprint density at radius 3 is 3.00 bits per heavy atom. The van der Waals surface area contributed by atoms with Crippen LogP contribution in [0.2, 0.25) is 0 Å². The number of fused-ring (bicyclic) bond motifs is 1. The predicted molar refractivity (Wildman–Crippen MR) is 89.2 cm³/mol. The van der Waals surface area contributed by atoms with Crippen LogP contribution in [0.4, 0.5) is 11.4 Å². The minimum Gasteiger partial charge on any atom is -0.364 e. The molecule has 1 aliphatic carbocycles. The summed E-state index contributed by atoms with van der Waals surface area (Å²) < 4.78 is 5.11. The normalized spacial score (nSPS) is 19.8. The Balaban J connectivity index is 1.69. The summed E-state index contributed by atoms with van der Waals surface area (Å²) in [5.41, 5.74) is 2.74. The van der Waals surface area contributed by atoms with E-state index in [1.807, 2.05) is 18.2 Å². The molecule has 122 valence electrons. The summed E-state index contributed by atoms with van der Waals surface area (Å²) in [5.74, 6) is 0.480. The molecule has 1 heterocycles. The molecule has 0 aromatic heterocycles. The van der Waals surface area contributed by atoms with E-state index in [1.165, 1.54) is 0 Å². The Hall–Kier alpha value is -2.14. The fraction of sp³-hybridized carbons (Fsp3) is 0.444. The zero-order chi connectivity index (χ0) is 16.2. The molecule has 2 amide bonds. The third kappa shape index (κ3) is 3.62. The zero-order valence-corrected chi connectivity index (χ0v) is 13.4. The van der Waals surface area contributed by atoms with Crippen molar-refractivity contribution in [3.8, 4) is 0 Å². The molecule has 0 radical (unpaired) electrons. The number of hydrogen-bond donors (Lipinski definition) is 1. The van der Waals surface area contributed by atoms with Gasteiger partial charge in [0.25, 0.3) is 0 Å². The van der Waals surface area contributed by atoms with Gasteiger partial charge >= 0.3 is 0 Å². The van der Waals surface area contributed by atoms with Gasteiger partial charge in [-0.1, -0.05) is 12.2 Å². The van der Waals surface area contributed by atoms with Gasteiger partial charge in [-0.05, 0) is 48.9 Å². The van der Waals surface area contributed by atoms with E-state index in [0.717, 1.165) is 29.8 Å². The quantitative estimate of drug-likeness (QED) is 0.850. The SMILES string of the molecule is COCN1C(=O)CCc2cc(NC(=O)C[C@@H]3C=CCC3)ccc21. The second-order valence-electron chi connectivity index (χ2n) is 6.10. The lowest BCUT2D eigenvalue weighted by Gasteiger charge is -2.29. The number of nitrogens with one attached hydrogen (secondary N) is 1. The molecule has 0 fully saturated rings. The lowest BCUT2D eigenvalue weighted by atomic mass is 10.0. The van der Waals surface area contributed by atoms with Crippen molar-refractivity contribution in [2.45, 2.75) is 32.1 Å². The van der Waals surface area contributed by atoms with Crippen molar-refractivity contribution in [3.05, 3.63) is 35.9 Å². The number of ether oxygens (including phenoxy) is 1. The van der Waals surface area contributed by atoms with Crippen LogP contribution in [0, 0.1) is 5.92 Å². The summed E-state index contributed by atoms with van der Waals surface area (Å²) in [6.45, 7) is 0.256. The van der Waals surface area contributed by atoms with Gasteiger partial charge in [-0.25, -0.2) is 0 Å². The smallest absolute Gasteiger partial charge is 0.229 e. The van der Waals surface area contributed by atoms with Gasteiger partial charge in [-0.2, -0.15) is 0 Å². The highest BCUT2D eigenvalue weighted by Crippen LogP contribution is 2.30. The molecule has 1 aromatic rings. The standard InChI is InChI=1S/C18H22N2O3/c1-23-12-20-16-8-7-15(11-14(16)6-9-18(20)22)19-17(21)10-13-4-2-3-5-13/h2,4,7-8,11,13H,3,5-6,9-10,12H2,1H3,(H,19,21)/t13-/m1/s1. The molecule has 0 unspecified atom stereocenters. The van der Waals surface area contributed by atoms with E-state index in [9.17, 15) is 9.59 Å². The maximum atomic E-state index is 12.1. The monoisotopic (exact) mass is 314 g/mol. The maximum absolute atomic E-state index is 12.1. The predicted octanol–water partition coefficient (Wildman–Crippen LogP) is 2.86. The number of allylic oxidation sites excluding steroid dienone is 2. The lowest BCUT2D eigenvalue weighted by Crippen LogP contribution is -2.36. The number of carbonyl (C=O) groups is 2. The van der Waals surface area contributed by atoms with Crippen LogP contribution in [0.1, 0.15) is 31.2 Å². The third-order valence-electron chi connectivity index (χ3n) is 4.38. The van der Waals surface area contributed by atoms with Crippen LogP contribution >= 0.6 is 0 Å². The highest BCUT2D eigenvalue weighted by molar-refractivity contribution is 5.97. The van der Waals surface area contributed by atoms with Crippen molar-refractivity contribution in [3.63, 3.8) is 0 Å². The molecule has 0 saturated heterocycles. The van der Waals surface area contributed by atoms with Crippen LogP contribution < -0.4 is 10.2 Å². The van der Waals surface area contributed by atoms with E-state index in [-0.39, 0.29) is 18.5 Å². The Labute approximate surface area is 136 Å². The number of methoxy groups -OCH3 is 1. The Kier molecular flexibility index (Phi) is 4.76. The Bertz CT molecular complexity index is 639. The van der Waals surface area contributed by atoms with Crippen LogP contribution in [0.5, 0.6) is 0 Å². The van der Waals surface area contributed by atoms with Crippen molar-refractivity contribution in [2.24, 2.45) is 5.92 Å². The van der Waals surface area contributed by atoms with Crippen LogP contribution in [0.25, 0.3) is 0 Å². The van der Waals surface area contributed by atoms with Crippen molar-refractivity contribution in [1.29, 1.82) is 0 Å². The molecule has 1 aromatic carbocycles. The number of benzene rings is 1. The van der Waals surface area contributed by atoms with Gasteiger partial charge in [0.15, 0.2) is 0 Å². The number of hydrogen-bond acceptors (Lipinski definition) is 3. The van der Waals surface area contributed by atoms with E-state index < -0.39 is 0 Å². The first-order valence-corrected chi connectivity index (χ1v) is 8.06. The van der Waals surface area contributed by atoms with Crippen molar-refractivity contribution >= 4 is 23.2 Å². The molecule has 0 bridgehead atoms. The third-order valence-corrected chi connectivity index (χ3v) is 4.38.